The SMILES string of the molecule is [O-][P+]1(Oc2ccc3ccccc3c2)N(c2ccccc2)C[C@@H]2CCCN21. The second-order valence-electron chi connectivity index (χ2n) is 6.97. The zero-order valence-electron chi connectivity index (χ0n) is 14.5. The summed E-state index contributed by atoms with van der Waals surface area (Å²) in [6.45, 7) is 1.59. The Kier molecular flexibility index (Phi) is 3.86. The van der Waals surface area contributed by atoms with Crippen LogP contribution < -0.4 is 14.1 Å². The normalized spacial score (nSPS) is 25.6. The molecule has 2 aliphatic rings. The van der Waals surface area contributed by atoms with E-state index in [-0.39, 0.29) is 0 Å². The summed E-state index contributed by atoms with van der Waals surface area (Å²) in [6.07, 6.45) is 2.16. The van der Waals surface area contributed by atoms with Crippen LogP contribution in [0.15, 0.2) is 72.8 Å². The Hall–Kier alpha value is -2.13. The lowest BCUT2D eigenvalue weighted by atomic mass is 10.1. The minimum atomic E-state index is -3.14. The molecule has 26 heavy (non-hydrogen) atoms. The fraction of sp³-hybridized carbons (Fsp3) is 0.238. The summed E-state index contributed by atoms with van der Waals surface area (Å²) >= 11 is 0. The average Bonchev–Trinajstić information content (AvgIpc) is 3.25. The van der Waals surface area contributed by atoms with Gasteiger partial charge in [0.25, 0.3) is 0 Å². The van der Waals surface area contributed by atoms with E-state index in [2.05, 4.69) is 16.8 Å². The number of rotatable bonds is 3. The molecule has 0 amide bonds. The van der Waals surface area contributed by atoms with Crippen LogP contribution in [0, 0.1) is 0 Å². The molecule has 0 radical (unpaired) electrons. The molecule has 2 atom stereocenters. The van der Waals surface area contributed by atoms with Crippen molar-refractivity contribution in [2.24, 2.45) is 0 Å². The van der Waals surface area contributed by atoms with Crippen LogP contribution >= 0.6 is 8.02 Å². The molecule has 1 unspecified atom stereocenters. The Morgan fingerprint density at radius 3 is 2.54 bits per heavy atom. The number of benzene rings is 3. The number of fused-ring (bicyclic) bond motifs is 2. The van der Waals surface area contributed by atoms with Crippen molar-refractivity contribution in [3.05, 3.63) is 72.8 Å². The van der Waals surface area contributed by atoms with Crippen LogP contribution in [-0.4, -0.2) is 23.8 Å². The molecule has 132 valence electrons. The van der Waals surface area contributed by atoms with Crippen LogP contribution in [0.3, 0.4) is 0 Å². The number of nitrogens with zero attached hydrogens (tertiary/aromatic N) is 2. The van der Waals surface area contributed by atoms with Crippen LogP contribution in [0.5, 0.6) is 5.75 Å². The monoisotopic (exact) mass is 364 g/mol. The Bertz CT molecular complexity index is 935. The molecule has 0 spiro atoms. The molecule has 2 fully saturated rings. The van der Waals surface area contributed by atoms with Crippen LogP contribution in [0.2, 0.25) is 0 Å². The lowest BCUT2D eigenvalue weighted by molar-refractivity contribution is -0.197. The lowest BCUT2D eigenvalue weighted by Crippen LogP contribution is -2.37. The van der Waals surface area contributed by atoms with Crippen molar-refractivity contribution in [3.8, 4) is 5.75 Å². The molecular weight excluding hydrogens is 343 g/mol. The van der Waals surface area contributed by atoms with Gasteiger partial charge >= 0.3 is 8.02 Å². The number of para-hydroxylation sites is 1. The average molecular weight is 364 g/mol. The first-order valence-electron chi connectivity index (χ1n) is 9.13. The third kappa shape index (κ3) is 2.57. The van der Waals surface area contributed by atoms with E-state index in [4.69, 9.17) is 4.52 Å². The number of hydrogen-bond acceptors (Lipinski definition) is 4. The Morgan fingerprint density at radius 1 is 0.923 bits per heavy atom. The molecule has 3 aromatic carbocycles. The van der Waals surface area contributed by atoms with Crippen molar-refractivity contribution >= 4 is 24.5 Å². The van der Waals surface area contributed by atoms with Crippen LogP contribution in [0.1, 0.15) is 12.8 Å². The minimum absolute atomic E-state index is 0.307. The van der Waals surface area contributed by atoms with Gasteiger partial charge in [-0.25, -0.2) is 4.67 Å². The predicted octanol–water partition coefficient (Wildman–Crippen LogP) is 4.24. The van der Waals surface area contributed by atoms with Crippen LogP contribution in [0.4, 0.5) is 5.69 Å². The standard InChI is InChI=1S/C21H21N2O2P/c24-26(25-21-13-12-17-7-4-5-8-18(17)15-21)22-14-6-11-20(22)16-23(26)19-9-2-1-3-10-19/h1-5,7-10,12-13,15,20H,6,11,14,16H2/t20-,26?/m0/s1. The van der Waals surface area contributed by atoms with Crippen molar-refractivity contribution in [1.82, 2.24) is 4.67 Å². The van der Waals surface area contributed by atoms with E-state index in [0.717, 1.165) is 42.4 Å². The maximum atomic E-state index is 14.1. The Balaban J connectivity index is 1.54. The summed E-state index contributed by atoms with van der Waals surface area (Å²) in [5.74, 6) is 0.667. The first-order valence-corrected chi connectivity index (χ1v) is 10.7. The van der Waals surface area contributed by atoms with Crippen molar-refractivity contribution in [2.45, 2.75) is 18.9 Å². The highest BCUT2D eigenvalue weighted by molar-refractivity contribution is 7.64. The van der Waals surface area contributed by atoms with E-state index in [9.17, 15) is 4.89 Å². The molecule has 0 saturated carbocycles. The quantitative estimate of drug-likeness (QED) is 0.652. The third-order valence-electron chi connectivity index (χ3n) is 5.36. The molecule has 5 rings (SSSR count). The second-order valence-corrected chi connectivity index (χ2v) is 9.13. The van der Waals surface area contributed by atoms with Gasteiger partial charge in [-0.15, -0.1) is 4.67 Å². The van der Waals surface area contributed by atoms with Gasteiger partial charge in [-0.2, -0.15) is 0 Å². The van der Waals surface area contributed by atoms with Crippen molar-refractivity contribution in [1.29, 1.82) is 0 Å². The third-order valence-corrected chi connectivity index (χ3v) is 7.99. The summed E-state index contributed by atoms with van der Waals surface area (Å²) in [4.78, 5) is 14.1. The molecule has 3 aromatic rings. The van der Waals surface area contributed by atoms with Gasteiger partial charge in [-0.3, -0.25) is 0 Å². The topological polar surface area (TPSA) is 38.8 Å². The van der Waals surface area contributed by atoms with E-state index in [1.54, 1.807) is 0 Å². The molecular formula is C21H21N2O2P. The van der Waals surface area contributed by atoms with E-state index < -0.39 is 8.02 Å². The first kappa shape index (κ1) is 16.1. The summed E-state index contributed by atoms with van der Waals surface area (Å²) in [5, 5.41) is 2.25. The lowest BCUT2D eigenvalue weighted by Gasteiger charge is -2.36. The van der Waals surface area contributed by atoms with E-state index in [1.165, 1.54) is 0 Å². The maximum absolute atomic E-state index is 14.1. The molecule has 2 aliphatic heterocycles. The number of hydrogen-bond donors (Lipinski definition) is 0. The molecule has 0 aromatic heterocycles. The van der Waals surface area contributed by atoms with Gasteiger partial charge in [0, 0.05) is 6.54 Å². The largest absolute Gasteiger partial charge is 0.614 e. The smallest absolute Gasteiger partial charge is 0.326 e. The van der Waals surface area contributed by atoms with Gasteiger partial charge in [0.15, 0.2) is 5.75 Å². The van der Waals surface area contributed by atoms with Gasteiger partial charge in [0.1, 0.15) is 0 Å². The highest BCUT2D eigenvalue weighted by Gasteiger charge is 2.58. The summed E-state index contributed by atoms with van der Waals surface area (Å²) in [7, 11) is -3.14. The highest BCUT2D eigenvalue weighted by Crippen LogP contribution is 2.66. The van der Waals surface area contributed by atoms with Crippen molar-refractivity contribution in [3.63, 3.8) is 0 Å². The molecule has 2 saturated heterocycles. The van der Waals surface area contributed by atoms with Crippen molar-refractivity contribution < 1.29 is 9.42 Å². The molecule has 4 nitrogen and oxygen atoms in total. The molecule has 0 aliphatic carbocycles. The van der Waals surface area contributed by atoms with Crippen LogP contribution in [0.25, 0.3) is 10.8 Å². The molecule has 0 bridgehead atoms. The highest BCUT2D eigenvalue weighted by atomic mass is 31.2. The summed E-state index contributed by atoms with van der Waals surface area (Å²) in [6, 6.07) is 24.4. The molecule has 2 heterocycles. The van der Waals surface area contributed by atoms with E-state index in [1.807, 2.05) is 65.3 Å². The first-order chi connectivity index (χ1) is 12.7. The minimum Gasteiger partial charge on any atom is -0.614 e. The van der Waals surface area contributed by atoms with E-state index in [0.29, 0.717) is 11.8 Å². The van der Waals surface area contributed by atoms with Gasteiger partial charge in [0.2, 0.25) is 0 Å². The van der Waals surface area contributed by atoms with E-state index >= 15 is 0 Å². The zero-order valence-corrected chi connectivity index (χ0v) is 15.4. The zero-order chi connectivity index (χ0) is 17.6. The van der Waals surface area contributed by atoms with Gasteiger partial charge in [0.05, 0.1) is 18.3 Å². The Morgan fingerprint density at radius 2 is 1.69 bits per heavy atom. The van der Waals surface area contributed by atoms with Gasteiger partial charge in [-0.05, 0) is 47.9 Å². The van der Waals surface area contributed by atoms with Gasteiger partial charge < -0.3 is 9.42 Å². The Labute approximate surface area is 154 Å². The fourth-order valence-corrected chi connectivity index (χ4v) is 6.78. The van der Waals surface area contributed by atoms with Crippen molar-refractivity contribution in [2.75, 3.05) is 17.8 Å². The predicted molar refractivity (Wildman–Crippen MR) is 105 cm³/mol. The van der Waals surface area contributed by atoms with Gasteiger partial charge in [-0.1, -0.05) is 48.5 Å². The number of anilines is 1. The van der Waals surface area contributed by atoms with Crippen LogP contribution in [-0.2, 0) is 0 Å². The molecule has 5 heteroatoms. The second kappa shape index (κ2) is 6.24. The molecule has 0 N–H and O–H groups in total. The summed E-state index contributed by atoms with van der Waals surface area (Å²) in [5.41, 5.74) is 0.964. The fourth-order valence-electron chi connectivity index (χ4n) is 4.09. The maximum Gasteiger partial charge on any atom is 0.326 e. The summed E-state index contributed by atoms with van der Waals surface area (Å²) < 4.78 is 10.3.